The second kappa shape index (κ2) is 7.13. The molecule has 5 nitrogen and oxygen atoms in total. The molecule has 0 amide bonds. The van der Waals surface area contributed by atoms with Crippen LogP contribution in [0.25, 0.3) is 17.0 Å². The van der Waals surface area contributed by atoms with Crippen LogP contribution >= 0.6 is 0 Å². The Balaban J connectivity index is 1.86. The van der Waals surface area contributed by atoms with Crippen LogP contribution in [0.1, 0.15) is 16.1 Å². The highest BCUT2D eigenvalue weighted by Crippen LogP contribution is 2.30. The Morgan fingerprint density at radius 1 is 0.920 bits per heavy atom. The molecule has 5 heteroatoms. The SMILES string of the molecule is COc1ccc(C=CC(=O)c2cc3cccc(OC)c3o2)cc1OC. The van der Waals surface area contributed by atoms with Gasteiger partial charge in [-0.15, -0.1) is 0 Å². The van der Waals surface area contributed by atoms with Crippen molar-refractivity contribution in [1.82, 2.24) is 0 Å². The standard InChI is InChI=1S/C20H18O5/c1-22-16-10-8-13(11-19(16)24-3)7-9-15(21)18-12-14-5-4-6-17(23-2)20(14)25-18/h4-12H,1-3H3. The average molecular weight is 338 g/mol. The first-order chi connectivity index (χ1) is 12.2. The van der Waals surface area contributed by atoms with Gasteiger partial charge in [0, 0.05) is 5.39 Å². The molecule has 0 spiro atoms. The van der Waals surface area contributed by atoms with Gasteiger partial charge in [0.1, 0.15) is 0 Å². The molecule has 0 radical (unpaired) electrons. The number of carbonyl (C=O) groups is 1. The molecule has 0 aliphatic heterocycles. The van der Waals surface area contributed by atoms with Crippen LogP contribution in [0, 0.1) is 0 Å². The number of benzene rings is 2. The summed E-state index contributed by atoms with van der Waals surface area (Å²) in [6.45, 7) is 0. The van der Waals surface area contributed by atoms with Crippen molar-refractivity contribution >= 4 is 22.8 Å². The van der Waals surface area contributed by atoms with Gasteiger partial charge in [-0.25, -0.2) is 0 Å². The van der Waals surface area contributed by atoms with Crippen LogP contribution in [-0.4, -0.2) is 27.1 Å². The quantitative estimate of drug-likeness (QED) is 0.494. The highest BCUT2D eigenvalue weighted by molar-refractivity contribution is 6.07. The largest absolute Gasteiger partial charge is 0.493 e. The molecule has 0 bridgehead atoms. The van der Waals surface area contributed by atoms with Crippen molar-refractivity contribution in [3.05, 3.63) is 59.9 Å². The second-order valence-corrected chi connectivity index (χ2v) is 5.30. The van der Waals surface area contributed by atoms with Gasteiger partial charge in [0.25, 0.3) is 0 Å². The number of ether oxygens (including phenoxy) is 3. The zero-order valence-corrected chi connectivity index (χ0v) is 14.2. The summed E-state index contributed by atoms with van der Waals surface area (Å²) in [5.74, 6) is 1.87. The molecule has 25 heavy (non-hydrogen) atoms. The maximum absolute atomic E-state index is 12.4. The maximum Gasteiger partial charge on any atom is 0.221 e. The van der Waals surface area contributed by atoms with Crippen molar-refractivity contribution < 1.29 is 23.4 Å². The fourth-order valence-electron chi connectivity index (χ4n) is 2.53. The van der Waals surface area contributed by atoms with E-state index >= 15 is 0 Å². The molecular weight excluding hydrogens is 320 g/mol. The number of hydrogen-bond acceptors (Lipinski definition) is 5. The van der Waals surface area contributed by atoms with Crippen molar-refractivity contribution in [2.75, 3.05) is 21.3 Å². The summed E-state index contributed by atoms with van der Waals surface area (Å²) >= 11 is 0. The number of allylic oxidation sites excluding steroid dienone is 1. The lowest BCUT2D eigenvalue weighted by molar-refractivity contribution is 0.102. The Morgan fingerprint density at radius 2 is 1.68 bits per heavy atom. The van der Waals surface area contributed by atoms with Gasteiger partial charge in [0.05, 0.1) is 21.3 Å². The number of ketones is 1. The summed E-state index contributed by atoms with van der Waals surface area (Å²) in [4.78, 5) is 12.4. The molecule has 0 saturated heterocycles. The van der Waals surface area contributed by atoms with Gasteiger partial charge >= 0.3 is 0 Å². The van der Waals surface area contributed by atoms with Gasteiger partial charge in [-0.2, -0.15) is 0 Å². The number of rotatable bonds is 6. The monoisotopic (exact) mass is 338 g/mol. The number of carbonyl (C=O) groups excluding carboxylic acids is 1. The lowest BCUT2D eigenvalue weighted by Crippen LogP contribution is -1.92. The third-order valence-electron chi connectivity index (χ3n) is 3.81. The summed E-state index contributed by atoms with van der Waals surface area (Å²) in [5.41, 5.74) is 1.38. The van der Waals surface area contributed by atoms with E-state index in [-0.39, 0.29) is 11.5 Å². The third-order valence-corrected chi connectivity index (χ3v) is 3.81. The van der Waals surface area contributed by atoms with E-state index in [0.717, 1.165) is 10.9 Å². The number of furan rings is 1. The van der Waals surface area contributed by atoms with Crippen LogP contribution in [0.3, 0.4) is 0 Å². The van der Waals surface area contributed by atoms with Crippen molar-refractivity contribution in [2.45, 2.75) is 0 Å². The van der Waals surface area contributed by atoms with E-state index in [0.29, 0.717) is 22.8 Å². The molecule has 128 valence electrons. The number of fused-ring (bicyclic) bond motifs is 1. The lowest BCUT2D eigenvalue weighted by atomic mass is 10.1. The fourth-order valence-corrected chi connectivity index (χ4v) is 2.53. The third kappa shape index (κ3) is 3.35. The molecule has 0 aliphatic carbocycles. The molecule has 0 N–H and O–H groups in total. The Hall–Kier alpha value is -3.21. The van der Waals surface area contributed by atoms with Crippen molar-refractivity contribution in [2.24, 2.45) is 0 Å². The topological polar surface area (TPSA) is 57.9 Å². The zero-order chi connectivity index (χ0) is 17.8. The van der Waals surface area contributed by atoms with Crippen LogP contribution in [0.2, 0.25) is 0 Å². The Bertz CT molecular complexity index is 936. The van der Waals surface area contributed by atoms with Gasteiger partial charge in [0.2, 0.25) is 5.78 Å². The minimum atomic E-state index is -0.229. The van der Waals surface area contributed by atoms with Crippen LogP contribution < -0.4 is 14.2 Å². The summed E-state index contributed by atoms with van der Waals surface area (Å²) in [7, 11) is 4.71. The first-order valence-corrected chi connectivity index (χ1v) is 7.67. The lowest BCUT2D eigenvalue weighted by Gasteiger charge is -2.07. The van der Waals surface area contributed by atoms with E-state index in [1.165, 1.54) is 6.08 Å². The molecular formula is C20H18O5. The van der Waals surface area contributed by atoms with E-state index in [9.17, 15) is 4.79 Å². The number of para-hydroxylation sites is 1. The second-order valence-electron chi connectivity index (χ2n) is 5.30. The van der Waals surface area contributed by atoms with E-state index in [2.05, 4.69) is 0 Å². The minimum Gasteiger partial charge on any atom is -0.493 e. The Kier molecular flexibility index (Phi) is 4.75. The summed E-state index contributed by atoms with van der Waals surface area (Å²) in [6.07, 6.45) is 3.17. The molecule has 1 aromatic heterocycles. The van der Waals surface area contributed by atoms with Crippen LogP contribution in [0.4, 0.5) is 0 Å². The van der Waals surface area contributed by atoms with Crippen LogP contribution in [-0.2, 0) is 0 Å². The molecule has 0 unspecified atom stereocenters. The molecule has 0 atom stereocenters. The average Bonchev–Trinajstić information content (AvgIpc) is 3.10. The first kappa shape index (κ1) is 16.6. The van der Waals surface area contributed by atoms with E-state index in [4.69, 9.17) is 18.6 Å². The first-order valence-electron chi connectivity index (χ1n) is 7.67. The summed E-state index contributed by atoms with van der Waals surface area (Å²) in [5, 5.41) is 0.821. The predicted molar refractivity (Wildman–Crippen MR) is 95.7 cm³/mol. The molecule has 2 aromatic carbocycles. The van der Waals surface area contributed by atoms with E-state index in [1.54, 1.807) is 51.7 Å². The Morgan fingerprint density at radius 3 is 2.40 bits per heavy atom. The normalized spacial score (nSPS) is 11.0. The van der Waals surface area contributed by atoms with Gasteiger partial charge in [-0.05, 0) is 35.9 Å². The Labute approximate surface area is 145 Å². The highest BCUT2D eigenvalue weighted by Gasteiger charge is 2.12. The predicted octanol–water partition coefficient (Wildman–Crippen LogP) is 4.35. The molecule has 0 aliphatic rings. The molecule has 3 rings (SSSR count). The summed E-state index contributed by atoms with van der Waals surface area (Å²) < 4.78 is 21.4. The highest BCUT2D eigenvalue weighted by atomic mass is 16.5. The van der Waals surface area contributed by atoms with Gasteiger partial charge in [-0.1, -0.05) is 24.3 Å². The maximum atomic E-state index is 12.4. The van der Waals surface area contributed by atoms with Crippen LogP contribution in [0.5, 0.6) is 17.2 Å². The van der Waals surface area contributed by atoms with Gasteiger partial charge < -0.3 is 18.6 Å². The summed E-state index contributed by atoms with van der Waals surface area (Å²) in [6, 6.07) is 12.6. The van der Waals surface area contributed by atoms with Crippen LogP contribution in [0.15, 0.2) is 53.0 Å². The number of hydrogen-bond donors (Lipinski definition) is 0. The van der Waals surface area contributed by atoms with Gasteiger partial charge in [-0.3, -0.25) is 4.79 Å². The number of methoxy groups -OCH3 is 3. The fraction of sp³-hybridized carbons (Fsp3) is 0.150. The molecule has 1 heterocycles. The van der Waals surface area contributed by atoms with Gasteiger partial charge in [0.15, 0.2) is 28.6 Å². The minimum absolute atomic E-state index is 0.229. The molecule has 0 saturated carbocycles. The van der Waals surface area contributed by atoms with E-state index < -0.39 is 0 Å². The van der Waals surface area contributed by atoms with E-state index in [1.807, 2.05) is 18.2 Å². The van der Waals surface area contributed by atoms with Crippen molar-refractivity contribution in [1.29, 1.82) is 0 Å². The van der Waals surface area contributed by atoms with Crippen molar-refractivity contribution in [3.63, 3.8) is 0 Å². The molecule has 3 aromatic rings. The smallest absolute Gasteiger partial charge is 0.221 e. The zero-order valence-electron chi connectivity index (χ0n) is 14.2. The van der Waals surface area contributed by atoms with Crippen molar-refractivity contribution in [3.8, 4) is 17.2 Å². The molecule has 0 fully saturated rings.